The SMILES string of the molecule is CCCNC(=O)c1cccc(C(=O)Nc2cc(C)c(N(C)C)cc2C#N)c1. The van der Waals surface area contributed by atoms with Crippen molar-refractivity contribution in [2.75, 3.05) is 30.9 Å². The van der Waals surface area contributed by atoms with E-state index in [2.05, 4.69) is 16.7 Å². The minimum Gasteiger partial charge on any atom is -0.377 e. The molecule has 0 aliphatic rings. The summed E-state index contributed by atoms with van der Waals surface area (Å²) in [6, 6.07) is 12.2. The van der Waals surface area contributed by atoms with E-state index in [1.807, 2.05) is 32.8 Å². The summed E-state index contributed by atoms with van der Waals surface area (Å²) < 4.78 is 0. The van der Waals surface area contributed by atoms with E-state index in [9.17, 15) is 14.9 Å². The summed E-state index contributed by atoms with van der Waals surface area (Å²) in [6.07, 6.45) is 0.838. The molecule has 0 radical (unpaired) electrons. The molecule has 0 saturated heterocycles. The second-order valence-corrected chi connectivity index (χ2v) is 6.48. The van der Waals surface area contributed by atoms with Crippen LogP contribution in [0, 0.1) is 18.3 Å². The zero-order valence-corrected chi connectivity index (χ0v) is 16.1. The second-order valence-electron chi connectivity index (χ2n) is 6.48. The molecule has 2 amide bonds. The number of rotatable bonds is 6. The van der Waals surface area contributed by atoms with Crippen LogP contribution in [-0.4, -0.2) is 32.5 Å². The Bertz CT molecular complexity index is 898. The number of hydrogen-bond acceptors (Lipinski definition) is 4. The lowest BCUT2D eigenvalue weighted by Gasteiger charge is -2.18. The van der Waals surface area contributed by atoms with E-state index in [0.717, 1.165) is 17.7 Å². The molecule has 2 N–H and O–H groups in total. The first-order valence-electron chi connectivity index (χ1n) is 8.79. The van der Waals surface area contributed by atoms with Crippen LogP contribution in [0.3, 0.4) is 0 Å². The van der Waals surface area contributed by atoms with Gasteiger partial charge in [0.25, 0.3) is 11.8 Å². The molecule has 0 aromatic heterocycles. The Hall–Kier alpha value is -3.33. The van der Waals surface area contributed by atoms with Gasteiger partial charge in [0.2, 0.25) is 0 Å². The Morgan fingerprint density at radius 1 is 1.11 bits per heavy atom. The lowest BCUT2D eigenvalue weighted by molar-refractivity contribution is 0.0953. The zero-order valence-electron chi connectivity index (χ0n) is 16.1. The van der Waals surface area contributed by atoms with Crippen molar-refractivity contribution in [3.8, 4) is 6.07 Å². The number of nitrogens with zero attached hydrogens (tertiary/aromatic N) is 2. The molecule has 0 atom stereocenters. The molecule has 0 spiro atoms. The fourth-order valence-electron chi connectivity index (χ4n) is 2.71. The maximum Gasteiger partial charge on any atom is 0.255 e. The van der Waals surface area contributed by atoms with Gasteiger partial charge < -0.3 is 15.5 Å². The van der Waals surface area contributed by atoms with Crippen molar-refractivity contribution in [1.29, 1.82) is 5.26 Å². The van der Waals surface area contributed by atoms with Gasteiger partial charge >= 0.3 is 0 Å². The highest BCUT2D eigenvalue weighted by Gasteiger charge is 2.14. The summed E-state index contributed by atoms with van der Waals surface area (Å²) in [5.41, 5.74) is 3.48. The van der Waals surface area contributed by atoms with Crippen LogP contribution in [-0.2, 0) is 0 Å². The van der Waals surface area contributed by atoms with Crippen molar-refractivity contribution in [3.05, 3.63) is 58.7 Å². The van der Waals surface area contributed by atoms with E-state index in [0.29, 0.717) is 28.9 Å². The van der Waals surface area contributed by atoms with Crippen LogP contribution < -0.4 is 15.5 Å². The Labute approximate surface area is 159 Å². The summed E-state index contributed by atoms with van der Waals surface area (Å²) in [4.78, 5) is 26.6. The lowest BCUT2D eigenvalue weighted by atomic mass is 10.1. The molecular formula is C21H24N4O2. The molecule has 2 aromatic rings. The first kappa shape index (κ1) is 20.0. The van der Waals surface area contributed by atoms with Gasteiger partial charge in [0.15, 0.2) is 0 Å². The predicted octanol–water partition coefficient (Wildman–Crippen LogP) is 3.32. The van der Waals surface area contributed by atoms with Crippen molar-refractivity contribution >= 4 is 23.2 Å². The van der Waals surface area contributed by atoms with Crippen LogP contribution in [0.1, 0.15) is 45.2 Å². The molecule has 0 heterocycles. The molecule has 0 aliphatic heterocycles. The Balaban J connectivity index is 2.26. The molecule has 0 unspecified atom stereocenters. The number of amides is 2. The van der Waals surface area contributed by atoms with Crippen molar-refractivity contribution in [3.63, 3.8) is 0 Å². The highest BCUT2D eigenvalue weighted by molar-refractivity contribution is 6.06. The maximum atomic E-state index is 12.6. The smallest absolute Gasteiger partial charge is 0.255 e. The third-order valence-corrected chi connectivity index (χ3v) is 4.11. The van der Waals surface area contributed by atoms with E-state index in [4.69, 9.17) is 0 Å². The summed E-state index contributed by atoms with van der Waals surface area (Å²) >= 11 is 0. The second kappa shape index (κ2) is 8.86. The number of carbonyl (C=O) groups is 2. The first-order valence-corrected chi connectivity index (χ1v) is 8.79. The van der Waals surface area contributed by atoms with Crippen LogP contribution >= 0.6 is 0 Å². The van der Waals surface area contributed by atoms with Crippen molar-refractivity contribution in [2.24, 2.45) is 0 Å². The van der Waals surface area contributed by atoms with Crippen LogP contribution in [0.25, 0.3) is 0 Å². The number of benzene rings is 2. The van der Waals surface area contributed by atoms with Gasteiger partial charge in [0, 0.05) is 37.5 Å². The topological polar surface area (TPSA) is 85.2 Å². The highest BCUT2D eigenvalue weighted by Crippen LogP contribution is 2.26. The third kappa shape index (κ3) is 4.85. The van der Waals surface area contributed by atoms with Gasteiger partial charge in [-0.05, 0) is 49.2 Å². The van der Waals surface area contributed by atoms with Crippen LogP contribution in [0.5, 0.6) is 0 Å². The molecule has 2 aromatic carbocycles. The summed E-state index contributed by atoms with van der Waals surface area (Å²) in [7, 11) is 3.80. The van der Waals surface area contributed by atoms with Gasteiger partial charge in [0.1, 0.15) is 6.07 Å². The highest BCUT2D eigenvalue weighted by atomic mass is 16.2. The van der Waals surface area contributed by atoms with Crippen molar-refractivity contribution in [1.82, 2.24) is 5.32 Å². The summed E-state index contributed by atoms with van der Waals surface area (Å²) in [5, 5.41) is 15.0. The maximum absolute atomic E-state index is 12.6. The molecule has 2 rings (SSSR count). The third-order valence-electron chi connectivity index (χ3n) is 4.11. The van der Waals surface area contributed by atoms with Crippen LogP contribution in [0.2, 0.25) is 0 Å². The van der Waals surface area contributed by atoms with Gasteiger partial charge in [-0.15, -0.1) is 0 Å². The van der Waals surface area contributed by atoms with Gasteiger partial charge in [-0.2, -0.15) is 5.26 Å². The van der Waals surface area contributed by atoms with E-state index in [-0.39, 0.29) is 11.8 Å². The standard InChI is InChI=1S/C21H24N4O2/c1-5-9-23-20(26)15-7-6-8-16(11-15)21(27)24-18-10-14(2)19(25(3)4)12-17(18)13-22/h6-8,10-12H,5,9H2,1-4H3,(H,23,26)(H,24,27). The van der Waals surface area contributed by atoms with Crippen molar-refractivity contribution < 1.29 is 9.59 Å². The molecule has 6 nitrogen and oxygen atoms in total. The fraction of sp³-hybridized carbons (Fsp3) is 0.286. The number of carbonyl (C=O) groups excluding carboxylic acids is 2. The number of aryl methyl sites for hydroxylation is 1. The predicted molar refractivity (Wildman–Crippen MR) is 107 cm³/mol. The quantitative estimate of drug-likeness (QED) is 0.823. The molecule has 0 saturated carbocycles. The van der Waals surface area contributed by atoms with Gasteiger partial charge in [-0.1, -0.05) is 13.0 Å². The van der Waals surface area contributed by atoms with E-state index < -0.39 is 0 Å². The average Bonchev–Trinajstić information content (AvgIpc) is 2.66. The van der Waals surface area contributed by atoms with Crippen LogP contribution in [0.15, 0.2) is 36.4 Å². The normalized spacial score (nSPS) is 10.0. The van der Waals surface area contributed by atoms with Gasteiger partial charge in [-0.25, -0.2) is 0 Å². The van der Waals surface area contributed by atoms with E-state index in [1.165, 1.54) is 0 Å². The zero-order chi connectivity index (χ0) is 20.0. The van der Waals surface area contributed by atoms with E-state index in [1.54, 1.807) is 36.4 Å². The fourth-order valence-corrected chi connectivity index (χ4v) is 2.71. The van der Waals surface area contributed by atoms with Crippen LogP contribution in [0.4, 0.5) is 11.4 Å². The Kier molecular flexibility index (Phi) is 6.56. The molecule has 0 fully saturated rings. The van der Waals surface area contributed by atoms with Gasteiger partial charge in [0.05, 0.1) is 11.3 Å². The molecular weight excluding hydrogens is 340 g/mol. The number of hydrogen-bond donors (Lipinski definition) is 2. The Morgan fingerprint density at radius 3 is 2.37 bits per heavy atom. The van der Waals surface area contributed by atoms with Crippen molar-refractivity contribution in [2.45, 2.75) is 20.3 Å². The summed E-state index contributed by atoms with van der Waals surface area (Å²) in [5.74, 6) is -0.580. The minimum absolute atomic E-state index is 0.213. The number of nitrogens with one attached hydrogen (secondary N) is 2. The molecule has 0 aliphatic carbocycles. The van der Waals surface area contributed by atoms with E-state index >= 15 is 0 Å². The average molecular weight is 364 g/mol. The largest absolute Gasteiger partial charge is 0.377 e. The lowest BCUT2D eigenvalue weighted by Crippen LogP contribution is -2.24. The molecule has 27 heavy (non-hydrogen) atoms. The minimum atomic E-state index is -0.367. The number of nitriles is 1. The molecule has 6 heteroatoms. The number of anilines is 2. The summed E-state index contributed by atoms with van der Waals surface area (Å²) in [6.45, 7) is 4.48. The monoisotopic (exact) mass is 364 g/mol. The first-order chi connectivity index (χ1) is 12.9. The molecule has 140 valence electrons. The Morgan fingerprint density at radius 2 is 1.78 bits per heavy atom. The molecule has 0 bridgehead atoms. The van der Waals surface area contributed by atoms with Gasteiger partial charge in [-0.3, -0.25) is 9.59 Å².